The number of rotatable bonds is 6. The standard InChI is InChI=1S/C19H23N3O/c20-16-18(10-7-15-22-13-5-2-6-14-22)19(23)21-12-11-17-8-3-1-4-9-17/h1,3-4,7-10,15H,2,5-6,11-14H2,(H,21,23)/b15-7+,18-10+. The van der Waals surface area contributed by atoms with Gasteiger partial charge >= 0.3 is 0 Å². The lowest BCUT2D eigenvalue weighted by Gasteiger charge is -2.24. The molecular formula is C19H23N3O. The average Bonchev–Trinajstić information content (AvgIpc) is 2.60. The Kier molecular flexibility index (Phi) is 6.93. The molecule has 1 aromatic rings. The molecule has 23 heavy (non-hydrogen) atoms. The zero-order chi connectivity index (χ0) is 16.3. The first kappa shape index (κ1) is 16.8. The summed E-state index contributed by atoms with van der Waals surface area (Å²) in [5.74, 6) is -0.313. The third-order valence-corrected chi connectivity index (χ3v) is 3.86. The molecule has 1 aliphatic rings. The van der Waals surface area contributed by atoms with E-state index in [1.807, 2.05) is 42.6 Å². The molecule has 4 heteroatoms. The van der Waals surface area contributed by atoms with Crippen LogP contribution in [0.2, 0.25) is 0 Å². The molecule has 1 N–H and O–H groups in total. The molecule has 0 unspecified atom stereocenters. The summed E-state index contributed by atoms with van der Waals surface area (Å²) in [5, 5.41) is 11.9. The zero-order valence-corrected chi connectivity index (χ0v) is 13.4. The summed E-state index contributed by atoms with van der Waals surface area (Å²) in [4.78, 5) is 14.2. The van der Waals surface area contributed by atoms with E-state index in [2.05, 4.69) is 10.2 Å². The number of allylic oxidation sites excluding steroid dienone is 2. The highest BCUT2D eigenvalue weighted by molar-refractivity contribution is 5.97. The van der Waals surface area contributed by atoms with Gasteiger partial charge in [-0.2, -0.15) is 5.26 Å². The maximum absolute atomic E-state index is 12.0. The lowest BCUT2D eigenvalue weighted by atomic mass is 10.1. The highest BCUT2D eigenvalue weighted by Crippen LogP contribution is 2.08. The predicted molar refractivity (Wildman–Crippen MR) is 91.4 cm³/mol. The van der Waals surface area contributed by atoms with Crippen LogP contribution >= 0.6 is 0 Å². The fourth-order valence-corrected chi connectivity index (χ4v) is 2.55. The second kappa shape index (κ2) is 9.47. The van der Waals surface area contributed by atoms with Gasteiger partial charge in [-0.1, -0.05) is 30.3 Å². The van der Waals surface area contributed by atoms with Crippen LogP contribution in [0.25, 0.3) is 0 Å². The van der Waals surface area contributed by atoms with Crippen LogP contribution in [0.3, 0.4) is 0 Å². The second-order valence-corrected chi connectivity index (χ2v) is 5.62. The van der Waals surface area contributed by atoms with E-state index in [0.717, 1.165) is 19.5 Å². The number of hydrogen-bond acceptors (Lipinski definition) is 3. The van der Waals surface area contributed by atoms with Gasteiger partial charge in [0.05, 0.1) is 0 Å². The van der Waals surface area contributed by atoms with Crippen LogP contribution in [-0.4, -0.2) is 30.4 Å². The van der Waals surface area contributed by atoms with Gasteiger partial charge in [0, 0.05) is 19.6 Å². The number of amides is 1. The fraction of sp³-hybridized carbons (Fsp3) is 0.368. The van der Waals surface area contributed by atoms with Crippen molar-refractivity contribution in [1.82, 2.24) is 10.2 Å². The van der Waals surface area contributed by atoms with E-state index in [0.29, 0.717) is 6.54 Å². The van der Waals surface area contributed by atoms with Crippen molar-refractivity contribution >= 4 is 5.91 Å². The van der Waals surface area contributed by atoms with Gasteiger partial charge in [0.2, 0.25) is 0 Å². The van der Waals surface area contributed by atoms with Crippen molar-refractivity contribution in [1.29, 1.82) is 5.26 Å². The number of carbonyl (C=O) groups excluding carboxylic acids is 1. The number of likely N-dealkylation sites (tertiary alicyclic amines) is 1. The molecule has 0 spiro atoms. The van der Waals surface area contributed by atoms with E-state index in [1.54, 1.807) is 12.2 Å². The highest BCUT2D eigenvalue weighted by Gasteiger charge is 2.07. The normalized spacial score (nSPS) is 15.4. The Morgan fingerprint density at radius 3 is 2.65 bits per heavy atom. The van der Waals surface area contributed by atoms with Crippen molar-refractivity contribution in [3.8, 4) is 6.07 Å². The van der Waals surface area contributed by atoms with Gasteiger partial charge in [-0.3, -0.25) is 4.79 Å². The largest absolute Gasteiger partial charge is 0.377 e. The lowest BCUT2D eigenvalue weighted by Crippen LogP contribution is -2.26. The topological polar surface area (TPSA) is 56.1 Å². The Morgan fingerprint density at radius 1 is 1.22 bits per heavy atom. The summed E-state index contributed by atoms with van der Waals surface area (Å²) in [6.07, 6.45) is 9.81. The minimum Gasteiger partial charge on any atom is -0.377 e. The van der Waals surface area contributed by atoms with Gasteiger partial charge in [0.25, 0.3) is 5.91 Å². The molecule has 0 bridgehead atoms. The van der Waals surface area contributed by atoms with Gasteiger partial charge < -0.3 is 10.2 Å². The molecule has 1 amide bonds. The fourth-order valence-electron chi connectivity index (χ4n) is 2.55. The van der Waals surface area contributed by atoms with Gasteiger partial charge in [-0.25, -0.2) is 0 Å². The quantitative estimate of drug-likeness (QED) is 0.499. The highest BCUT2D eigenvalue weighted by atomic mass is 16.1. The number of benzene rings is 1. The Labute approximate surface area is 138 Å². The second-order valence-electron chi connectivity index (χ2n) is 5.62. The molecule has 1 saturated heterocycles. The summed E-state index contributed by atoms with van der Waals surface area (Å²) in [6, 6.07) is 11.9. The van der Waals surface area contributed by atoms with Crippen LogP contribution in [-0.2, 0) is 11.2 Å². The van der Waals surface area contributed by atoms with Crippen LogP contribution in [0.15, 0.2) is 54.3 Å². The van der Waals surface area contributed by atoms with E-state index in [4.69, 9.17) is 5.26 Å². The number of nitrogens with one attached hydrogen (secondary N) is 1. The summed E-state index contributed by atoms with van der Waals surface area (Å²) in [6.45, 7) is 2.63. The Hall–Kier alpha value is -2.54. The third-order valence-electron chi connectivity index (χ3n) is 3.86. The van der Waals surface area contributed by atoms with E-state index < -0.39 is 0 Å². The van der Waals surface area contributed by atoms with Crippen LogP contribution in [0.4, 0.5) is 0 Å². The van der Waals surface area contributed by atoms with Gasteiger partial charge in [-0.15, -0.1) is 0 Å². The first-order chi connectivity index (χ1) is 11.3. The molecule has 1 fully saturated rings. The predicted octanol–water partition coefficient (Wildman–Crippen LogP) is 2.79. The van der Waals surface area contributed by atoms with E-state index in [9.17, 15) is 4.79 Å². The molecule has 120 valence electrons. The molecular weight excluding hydrogens is 286 g/mol. The summed E-state index contributed by atoms with van der Waals surface area (Å²) >= 11 is 0. The minimum atomic E-state index is -0.313. The van der Waals surface area contributed by atoms with Crippen molar-refractivity contribution in [2.24, 2.45) is 0 Å². The van der Waals surface area contributed by atoms with Gasteiger partial charge in [-0.05, 0) is 49.6 Å². The molecule has 0 aromatic heterocycles. The SMILES string of the molecule is N#C/C(=C\C=C\N1CCCCC1)C(=O)NCCc1ccccc1. The number of nitrogens with zero attached hydrogens (tertiary/aromatic N) is 2. The summed E-state index contributed by atoms with van der Waals surface area (Å²) < 4.78 is 0. The molecule has 0 aliphatic carbocycles. The van der Waals surface area contributed by atoms with Crippen LogP contribution in [0.1, 0.15) is 24.8 Å². The molecule has 4 nitrogen and oxygen atoms in total. The van der Waals surface area contributed by atoms with Crippen molar-refractivity contribution in [3.05, 3.63) is 59.8 Å². The van der Waals surface area contributed by atoms with Gasteiger partial charge in [0.1, 0.15) is 11.6 Å². The van der Waals surface area contributed by atoms with Crippen molar-refractivity contribution in [3.63, 3.8) is 0 Å². The van der Waals surface area contributed by atoms with Crippen LogP contribution in [0, 0.1) is 11.3 Å². The van der Waals surface area contributed by atoms with E-state index in [-0.39, 0.29) is 11.5 Å². The summed E-state index contributed by atoms with van der Waals surface area (Å²) in [5.41, 5.74) is 1.31. The van der Waals surface area contributed by atoms with Crippen molar-refractivity contribution in [2.75, 3.05) is 19.6 Å². The van der Waals surface area contributed by atoms with Crippen LogP contribution in [0.5, 0.6) is 0 Å². The number of nitriles is 1. The van der Waals surface area contributed by atoms with Gasteiger partial charge in [0.15, 0.2) is 0 Å². The van der Waals surface area contributed by atoms with E-state index >= 15 is 0 Å². The Morgan fingerprint density at radius 2 is 1.96 bits per heavy atom. The molecule has 1 aromatic carbocycles. The Bertz CT molecular complexity index is 593. The van der Waals surface area contributed by atoms with Crippen LogP contribution < -0.4 is 5.32 Å². The maximum atomic E-state index is 12.0. The molecule has 0 radical (unpaired) electrons. The average molecular weight is 309 g/mol. The first-order valence-corrected chi connectivity index (χ1v) is 8.14. The third kappa shape index (κ3) is 5.99. The first-order valence-electron chi connectivity index (χ1n) is 8.14. The monoisotopic (exact) mass is 309 g/mol. The molecule has 1 aliphatic heterocycles. The van der Waals surface area contributed by atoms with Crippen molar-refractivity contribution in [2.45, 2.75) is 25.7 Å². The molecule has 2 rings (SSSR count). The molecule has 0 atom stereocenters. The lowest BCUT2D eigenvalue weighted by molar-refractivity contribution is -0.117. The number of carbonyl (C=O) groups is 1. The Balaban J connectivity index is 1.79. The molecule has 0 saturated carbocycles. The minimum absolute atomic E-state index is 0.145. The summed E-state index contributed by atoms with van der Waals surface area (Å²) in [7, 11) is 0. The smallest absolute Gasteiger partial charge is 0.261 e. The van der Waals surface area contributed by atoms with Crippen molar-refractivity contribution < 1.29 is 4.79 Å². The van der Waals surface area contributed by atoms with E-state index in [1.165, 1.54) is 24.8 Å². The zero-order valence-electron chi connectivity index (χ0n) is 13.4. The number of hydrogen-bond donors (Lipinski definition) is 1. The molecule has 1 heterocycles. The maximum Gasteiger partial charge on any atom is 0.261 e. The number of piperidine rings is 1.